The van der Waals surface area contributed by atoms with Gasteiger partial charge in [-0.15, -0.1) is 10.2 Å². The predicted molar refractivity (Wildman–Crippen MR) is 88.2 cm³/mol. The van der Waals surface area contributed by atoms with Gasteiger partial charge in [0.25, 0.3) is 11.1 Å². The van der Waals surface area contributed by atoms with Crippen LogP contribution in [-0.2, 0) is 4.79 Å². The predicted octanol–water partition coefficient (Wildman–Crippen LogP) is 2.45. The average Bonchev–Trinajstić information content (AvgIpc) is 3.06. The van der Waals surface area contributed by atoms with E-state index in [9.17, 15) is 4.79 Å². The maximum atomic E-state index is 11.7. The number of carbonyl (C=O) groups is 1. The molecular formula is C16H19N3O4S. The minimum atomic E-state index is -0.448. The van der Waals surface area contributed by atoms with E-state index in [4.69, 9.17) is 13.9 Å². The van der Waals surface area contributed by atoms with Crippen LogP contribution in [0.5, 0.6) is 11.5 Å². The summed E-state index contributed by atoms with van der Waals surface area (Å²) in [6.45, 7) is 5.05. The van der Waals surface area contributed by atoms with Crippen molar-refractivity contribution in [1.82, 2.24) is 15.5 Å². The Labute approximate surface area is 144 Å². The van der Waals surface area contributed by atoms with E-state index in [1.165, 1.54) is 11.8 Å². The maximum Gasteiger partial charge on any atom is 0.277 e. The summed E-state index contributed by atoms with van der Waals surface area (Å²) in [6, 6.07) is 7.42. The number of rotatable bonds is 6. The molecule has 0 saturated carbocycles. The molecule has 1 atom stereocenters. The van der Waals surface area contributed by atoms with Crippen molar-refractivity contribution in [3.63, 3.8) is 0 Å². The molecule has 0 aliphatic carbocycles. The molecule has 24 heavy (non-hydrogen) atoms. The molecule has 0 fully saturated rings. The zero-order chi connectivity index (χ0) is 16.9. The van der Waals surface area contributed by atoms with Crippen molar-refractivity contribution in [2.24, 2.45) is 5.92 Å². The maximum absolute atomic E-state index is 11.7. The van der Waals surface area contributed by atoms with Crippen LogP contribution in [-0.4, -0.2) is 35.0 Å². The van der Waals surface area contributed by atoms with Gasteiger partial charge < -0.3 is 19.2 Å². The first-order valence-electron chi connectivity index (χ1n) is 7.73. The van der Waals surface area contributed by atoms with E-state index in [0.717, 1.165) is 0 Å². The molecule has 2 aromatic rings. The summed E-state index contributed by atoms with van der Waals surface area (Å²) in [5, 5.41) is 11.1. The van der Waals surface area contributed by atoms with Gasteiger partial charge in [0.15, 0.2) is 11.5 Å². The highest BCUT2D eigenvalue weighted by Gasteiger charge is 2.27. The lowest BCUT2D eigenvalue weighted by Crippen LogP contribution is -2.28. The monoisotopic (exact) mass is 349 g/mol. The smallest absolute Gasteiger partial charge is 0.277 e. The largest absolute Gasteiger partial charge is 0.485 e. The van der Waals surface area contributed by atoms with E-state index in [0.29, 0.717) is 41.7 Å². The lowest BCUT2D eigenvalue weighted by atomic mass is 10.2. The van der Waals surface area contributed by atoms with E-state index in [2.05, 4.69) is 15.5 Å². The fourth-order valence-corrected chi connectivity index (χ4v) is 2.65. The number of carbonyl (C=O) groups excluding carboxylic acids is 1. The van der Waals surface area contributed by atoms with Crippen molar-refractivity contribution in [3.05, 3.63) is 30.2 Å². The van der Waals surface area contributed by atoms with Crippen molar-refractivity contribution >= 4 is 17.7 Å². The van der Waals surface area contributed by atoms with Gasteiger partial charge in [0.2, 0.25) is 12.0 Å². The molecule has 0 bridgehead atoms. The van der Waals surface area contributed by atoms with E-state index < -0.39 is 6.10 Å². The first-order valence-corrected chi connectivity index (χ1v) is 8.71. The van der Waals surface area contributed by atoms with Crippen LogP contribution in [0.3, 0.4) is 0 Å². The Morgan fingerprint density at radius 1 is 1.33 bits per heavy atom. The van der Waals surface area contributed by atoms with E-state index in [-0.39, 0.29) is 11.7 Å². The molecule has 0 spiro atoms. The summed E-state index contributed by atoms with van der Waals surface area (Å²) in [4.78, 5) is 11.7. The van der Waals surface area contributed by atoms with Crippen LogP contribution in [0.25, 0.3) is 0 Å². The number of benzene rings is 1. The minimum Gasteiger partial charge on any atom is -0.485 e. The number of nitrogens with one attached hydrogen (secondary N) is 1. The quantitative estimate of drug-likeness (QED) is 0.802. The molecule has 1 N–H and O–H groups in total. The third-order valence-corrected chi connectivity index (χ3v) is 4.06. The number of thioether (sulfide) groups is 1. The Morgan fingerprint density at radius 3 is 2.92 bits per heavy atom. The summed E-state index contributed by atoms with van der Waals surface area (Å²) in [7, 11) is 0. The molecule has 1 aromatic heterocycles. The molecule has 0 radical (unpaired) electrons. The SMILES string of the molecule is CC(C)CNC(=O)CSc1nnc([C@H]2COc3ccccc3O2)o1. The number of nitrogens with zero attached hydrogens (tertiary/aromatic N) is 2. The number of aromatic nitrogens is 2. The Hall–Kier alpha value is -2.22. The lowest BCUT2D eigenvalue weighted by molar-refractivity contribution is -0.118. The van der Waals surface area contributed by atoms with Crippen LogP contribution < -0.4 is 14.8 Å². The van der Waals surface area contributed by atoms with Crippen LogP contribution in [0, 0.1) is 5.92 Å². The molecule has 1 aliphatic heterocycles. The Balaban J connectivity index is 1.54. The first kappa shape index (κ1) is 16.6. The third kappa shape index (κ3) is 4.19. The Bertz CT molecular complexity index is 704. The second kappa shape index (κ2) is 7.57. The van der Waals surface area contributed by atoms with Crippen molar-refractivity contribution < 1.29 is 18.7 Å². The lowest BCUT2D eigenvalue weighted by Gasteiger charge is -2.23. The average molecular weight is 349 g/mol. The molecular weight excluding hydrogens is 330 g/mol. The van der Waals surface area contributed by atoms with Crippen LogP contribution in [0.2, 0.25) is 0 Å². The molecule has 0 unspecified atom stereocenters. The summed E-state index contributed by atoms with van der Waals surface area (Å²) >= 11 is 1.20. The second-order valence-corrected chi connectivity index (χ2v) is 6.68. The molecule has 8 heteroatoms. The van der Waals surface area contributed by atoms with Gasteiger partial charge in [-0.3, -0.25) is 4.79 Å². The van der Waals surface area contributed by atoms with Crippen molar-refractivity contribution in [1.29, 1.82) is 0 Å². The van der Waals surface area contributed by atoms with Gasteiger partial charge in [0, 0.05) is 6.54 Å². The van der Waals surface area contributed by atoms with Crippen LogP contribution in [0.4, 0.5) is 0 Å². The summed E-state index contributed by atoms with van der Waals surface area (Å²) < 4.78 is 17.0. The zero-order valence-corrected chi connectivity index (χ0v) is 14.3. The van der Waals surface area contributed by atoms with Gasteiger partial charge in [-0.1, -0.05) is 37.7 Å². The highest BCUT2D eigenvalue weighted by atomic mass is 32.2. The normalized spacial score (nSPS) is 16.2. The van der Waals surface area contributed by atoms with Crippen LogP contribution in [0.15, 0.2) is 33.9 Å². The first-order chi connectivity index (χ1) is 11.6. The molecule has 7 nitrogen and oxygen atoms in total. The van der Waals surface area contributed by atoms with Gasteiger partial charge in [-0.2, -0.15) is 0 Å². The van der Waals surface area contributed by atoms with Crippen LogP contribution >= 0.6 is 11.8 Å². The van der Waals surface area contributed by atoms with Crippen molar-refractivity contribution in [3.8, 4) is 11.5 Å². The van der Waals surface area contributed by atoms with E-state index in [1.807, 2.05) is 38.1 Å². The molecule has 128 valence electrons. The summed E-state index contributed by atoms with van der Waals surface area (Å²) in [6.07, 6.45) is -0.448. The number of hydrogen-bond donors (Lipinski definition) is 1. The Morgan fingerprint density at radius 2 is 2.12 bits per heavy atom. The van der Waals surface area contributed by atoms with Gasteiger partial charge in [-0.05, 0) is 18.1 Å². The summed E-state index contributed by atoms with van der Waals surface area (Å²) in [5.41, 5.74) is 0. The number of ether oxygens (including phenoxy) is 2. The van der Waals surface area contributed by atoms with Crippen molar-refractivity contribution in [2.45, 2.75) is 25.2 Å². The van der Waals surface area contributed by atoms with Crippen LogP contribution in [0.1, 0.15) is 25.8 Å². The van der Waals surface area contributed by atoms with Gasteiger partial charge in [0.05, 0.1) is 5.75 Å². The second-order valence-electron chi connectivity index (χ2n) is 5.76. The van der Waals surface area contributed by atoms with Gasteiger partial charge in [-0.25, -0.2) is 0 Å². The number of para-hydroxylation sites is 2. The molecule has 2 heterocycles. The minimum absolute atomic E-state index is 0.0559. The standard InChI is InChI=1S/C16H19N3O4S/c1-10(2)7-17-14(20)9-24-16-19-18-15(23-16)13-8-21-11-5-3-4-6-12(11)22-13/h3-6,10,13H,7-9H2,1-2H3,(H,17,20)/t13-/m1/s1. The molecule has 0 saturated heterocycles. The van der Waals surface area contributed by atoms with E-state index >= 15 is 0 Å². The Kier molecular flexibility index (Phi) is 5.24. The van der Waals surface area contributed by atoms with Gasteiger partial charge >= 0.3 is 0 Å². The zero-order valence-electron chi connectivity index (χ0n) is 13.5. The van der Waals surface area contributed by atoms with E-state index in [1.54, 1.807) is 0 Å². The molecule has 1 aromatic carbocycles. The number of hydrogen-bond acceptors (Lipinski definition) is 7. The number of fused-ring (bicyclic) bond motifs is 1. The molecule has 3 rings (SSSR count). The summed E-state index contributed by atoms with van der Waals surface area (Å²) in [5.74, 6) is 2.28. The topological polar surface area (TPSA) is 86.5 Å². The third-order valence-electron chi connectivity index (χ3n) is 3.24. The highest BCUT2D eigenvalue weighted by Crippen LogP contribution is 2.35. The fourth-order valence-electron chi connectivity index (χ4n) is 2.05. The van der Waals surface area contributed by atoms with Crippen molar-refractivity contribution in [2.75, 3.05) is 18.9 Å². The molecule has 1 amide bonds. The number of amides is 1. The fraction of sp³-hybridized carbons (Fsp3) is 0.438. The highest BCUT2D eigenvalue weighted by molar-refractivity contribution is 7.99. The van der Waals surface area contributed by atoms with Gasteiger partial charge in [0.1, 0.15) is 6.61 Å². The molecule has 1 aliphatic rings.